The van der Waals surface area contributed by atoms with Crippen molar-refractivity contribution in [1.82, 2.24) is 0 Å². The molecule has 1 saturated carbocycles. The monoisotopic (exact) mass is 416 g/mol. The fraction of sp³-hybridized carbons (Fsp3) is 0.538. The highest BCUT2D eigenvalue weighted by atomic mass is 19.3. The van der Waals surface area contributed by atoms with E-state index in [0.29, 0.717) is 34.9 Å². The molecule has 0 unspecified atom stereocenters. The standard InChI is InChI=1S/C26H31F3O/c1-3-4-5-6-7-19-12-15-22-21-14-13-20(18-10-8-17(2)9-11-18)16-23(21)26(28,29)30-25(22)24(19)27/h12-18H,3-11H2,1-2H3. The molecule has 1 nitrogen and oxygen atoms in total. The molecule has 0 aromatic heterocycles. The Morgan fingerprint density at radius 3 is 2.43 bits per heavy atom. The van der Waals surface area contributed by atoms with Crippen LogP contribution in [-0.4, -0.2) is 0 Å². The lowest BCUT2D eigenvalue weighted by Gasteiger charge is -2.31. The summed E-state index contributed by atoms with van der Waals surface area (Å²) in [4.78, 5) is 0. The Bertz CT molecular complexity index is 897. The van der Waals surface area contributed by atoms with Crippen molar-refractivity contribution in [2.45, 2.75) is 83.7 Å². The van der Waals surface area contributed by atoms with Crippen LogP contribution in [0.2, 0.25) is 0 Å². The first-order valence-corrected chi connectivity index (χ1v) is 11.4. The van der Waals surface area contributed by atoms with Crippen molar-refractivity contribution in [2.75, 3.05) is 0 Å². The molecule has 0 saturated heterocycles. The fourth-order valence-electron chi connectivity index (χ4n) is 4.91. The second-order valence-electron chi connectivity index (χ2n) is 9.11. The molecule has 0 amide bonds. The van der Waals surface area contributed by atoms with Crippen molar-refractivity contribution in [3.05, 3.63) is 52.8 Å². The Balaban J connectivity index is 1.65. The molecular formula is C26H31F3O. The predicted molar refractivity (Wildman–Crippen MR) is 115 cm³/mol. The number of ether oxygens (including phenoxy) is 1. The third-order valence-corrected chi connectivity index (χ3v) is 6.84. The molecule has 162 valence electrons. The van der Waals surface area contributed by atoms with Gasteiger partial charge in [0.2, 0.25) is 0 Å². The van der Waals surface area contributed by atoms with Crippen LogP contribution in [0, 0.1) is 11.7 Å². The zero-order chi connectivity index (χ0) is 21.3. The number of rotatable bonds is 6. The maximum absolute atomic E-state index is 15.0. The van der Waals surface area contributed by atoms with E-state index >= 15 is 4.39 Å². The van der Waals surface area contributed by atoms with Crippen LogP contribution in [-0.2, 0) is 12.5 Å². The van der Waals surface area contributed by atoms with Gasteiger partial charge in [-0.1, -0.05) is 70.2 Å². The maximum Gasteiger partial charge on any atom is 0.427 e. The fourth-order valence-corrected chi connectivity index (χ4v) is 4.91. The summed E-state index contributed by atoms with van der Waals surface area (Å²) in [5.41, 5.74) is 2.07. The van der Waals surface area contributed by atoms with Crippen molar-refractivity contribution in [3.63, 3.8) is 0 Å². The minimum Gasteiger partial charge on any atom is -0.425 e. The van der Waals surface area contributed by atoms with E-state index in [1.165, 1.54) is 0 Å². The SMILES string of the molecule is CCCCCCc1ccc2c(c1F)OC(F)(F)c1cc(C3CCC(C)CC3)ccc1-2. The lowest BCUT2D eigenvalue weighted by Crippen LogP contribution is -2.27. The van der Waals surface area contributed by atoms with Crippen LogP contribution in [0.1, 0.15) is 87.8 Å². The summed E-state index contributed by atoms with van der Waals surface area (Å²) in [6.45, 7) is 4.36. The van der Waals surface area contributed by atoms with Gasteiger partial charge in [-0.3, -0.25) is 0 Å². The summed E-state index contributed by atoms with van der Waals surface area (Å²) < 4.78 is 50.0. The van der Waals surface area contributed by atoms with Crippen LogP contribution >= 0.6 is 0 Å². The Morgan fingerprint density at radius 2 is 1.70 bits per heavy atom. The van der Waals surface area contributed by atoms with Gasteiger partial charge in [-0.05, 0) is 60.3 Å². The zero-order valence-corrected chi connectivity index (χ0v) is 17.9. The summed E-state index contributed by atoms with van der Waals surface area (Å²) in [5, 5.41) is 0. The van der Waals surface area contributed by atoms with E-state index in [0.717, 1.165) is 56.9 Å². The first-order chi connectivity index (χ1) is 14.4. The van der Waals surface area contributed by atoms with E-state index < -0.39 is 11.9 Å². The van der Waals surface area contributed by atoms with Crippen molar-refractivity contribution in [3.8, 4) is 16.9 Å². The molecule has 4 rings (SSSR count). The minimum absolute atomic E-state index is 0.138. The first-order valence-electron chi connectivity index (χ1n) is 11.4. The van der Waals surface area contributed by atoms with E-state index in [4.69, 9.17) is 4.74 Å². The normalized spacial score (nSPS) is 22.2. The first kappa shape index (κ1) is 21.3. The average Bonchev–Trinajstić information content (AvgIpc) is 2.73. The van der Waals surface area contributed by atoms with Crippen LogP contribution in [0.3, 0.4) is 0 Å². The Morgan fingerprint density at radius 1 is 0.967 bits per heavy atom. The third-order valence-electron chi connectivity index (χ3n) is 6.84. The molecular weight excluding hydrogens is 385 g/mol. The number of halogens is 3. The van der Waals surface area contributed by atoms with Crippen molar-refractivity contribution in [1.29, 1.82) is 0 Å². The molecule has 0 bridgehead atoms. The topological polar surface area (TPSA) is 9.23 Å². The van der Waals surface area contributed by atoms with Gasteiger partial charge in [-0.2, -0.15) is 8.78 Å². The molecule has 0 radical (unpaired) electrons. The van der Waals surface area contributed by atoms with Crippen LogP contribution in [0.4, 0.5) is 13.2 Å². The van der Waals surface area contributed by atoms with Crippen molar-refractivity contribution >= 4 is 0 Å². The largest absolute Gasteiger partial charge is 0.427 e. The van der Waals surface area contributed by atoms with Crippen LogP contribution in [0.15, 0.2) is 30.3 Å². The molecule has 0 N–H and O–H groups in total. The highest BCUT2D eigenvalue weighted by Crippen LogP contribution is 2.50. The second kappa shape index (κ2) is 8.64. The van der Waals surface area contributed by atoms with Gasteiger partial charge < -0.3 is 4.74 Å². The van der Waals surface area contributed by atoms with Gasteiger partial charge in [-0.15, -0.1) is 0 Å². The van der Waals surface area contributed by atoms with Crippen LogP contribution in [0.5, 0.6) is 5.75 Å². The molecule has 1 aliphatic carbocycles. The van der Waals surface area contributed by atoms with Gasteiger partial charge in [0, 0.05) is 5.56 Å². The highest BCUT2D eigenvalue weighted by molar-refractivity contribution is 5.77. The van der Waals surface area contributed by atoms with E-state index in [1.807, 2.05) is 6.07 Å². The van der Waals surface area contributed by atoms with E-state index in [2.05, 4.69) is 13.8 Å². The molecule has 1 aliphatic heterocycles. The lowest BCUT2D eigenvalue weighted by molar-refractivity contribution is -0.188. The Hall–Kier alpha value is -1.97. The average molecular weight is 417 g/mol. The number of alkyl halides is 2. The highest BCUT2D eigenvalue weighted by Gasteiger charge is 2.43. The van der Waals surface area contributed by atoms with Gasteiger partial charge in [0.15, 0.2) is 11.6 Å². The third kappa shape index (κ3) is 4.10. The number of fused-ring (bicyclic) bond motifs is 3. The number of aryl methyl sites for hydroxylation is 1. The minimum atomic E-state index is -3.53. The van der Waals surface area contributed by atoms with Gasteiger partial charge in [0.25, 0.3) is 0 Å². The second-order valence-corrected chi connectivity index (χ2v) is 9.11. The molecule has 1 heterocycles. The van der Waals surface area contributed by atoms with Crippen LogP contribution < -0.4 is 4.74 Å². The van der Waals surface area contributed by atoms with E-state index in [1.54, 1.807) is 24.3 Å². The lowest BCUT2D eigenvalue weighted by atomic mass is 9.78. The summed E-state index contributed by atoms with van der Waals surface area (Å²) in [7, 11) is 0. The summed E-state index contributed by atoms with van der Waals surface area (Å²) in [6, 6.07) is 8.74. The summed E-state index contributed by atoms with van der Waals surface area (Å²) in [5.74, 6) is 0.0694. The molecule has 1 fully saturated rings. The predicted octanol–water partition coefficient (Wildman–Crippen LogP) is 8.35. The molecule has 2 aliphatic rings. The zero-order valence-electron chi connectivity index (χ0n) is 17.9. The summed E-state index contributed by atoms with van der Waals surface area (Å²) >= 11 is 0. The quantitative estimate of drug-likeness (QED) is 0.430. The molecule has 2 aromatic rings. The van der Waals surface area contributed by atoms with Crippen LogP contribution in [0.25, 0.3) is 11.1 Å². The number of hydrogen-bond donors (Lipinski definition) is 0. The Kier molecular flexibility index (Phi) is 6.13. The van der Waals surface area contributed by atoms with E-state index in [-0.39, 0.29) is 11.3 Å². The molecule has 30 heavy (non-hydrogen) atoms. The van der Waals surface area contributed by atoms with Gasteiger partial charge >= 0.3 is 6.11 Å². The summed E-state index contributed by atoms with van der Waals surface area (Å²) in [6.07, 6.45) is 5.38. The van der Waals surface area contributed by atoms with Gasteiger partial charge in [-0.25, -0.2) is 4.39 Å². The Labute approximate surface area is 177 Å². The molecule has 0 atom stereocenters. The number of hydrogen-bond acceptors (Lipinski definition) is 1. The number of benzene rings is 2. The molecule has 2 aromatic carbocycles. The number of unbranched alkanes of at least 4 members (excludes halogenated alkanes) is 3. The van der Waals surface area contributed by atoms with Gasteiger partial charge in [0.1, 0.15) is 0 Å². The van der Waals surface area contributed by atoms with E-state index in [9.17, 15) is 8.78 Å². The van der Waals surface area contributed by atoms with Crippen molar-refractivity contribution < 1.29 is 17.9 Å². The van der Waals surface area contributed by atoms with Gasteiger partial charge in [0.05, 0.1) is 5.56 Å². The molecule has 0 spiro atoms. The van der Waals surface area contributed by atoms with Crippen molar-refractivity contribution in [2.24, 2.45) is 5.92 Å². The smallest absolute Gasteiger partial charge is 0.425 e. The molecule has 4 heteroatoms. The maximum atomic E-state index is 15.0.